The smallest absolute Gasteiger partial charge is 0.276 e. The van der Waals surface area contributed by atoms with E-state index in [9.17, 15) is 4.79 Å². The van der Waals surface area contributed by atoms with Gasteiger partial charge >= 0.3 is 0 Å². The van der Waals surface area contributed by atoms with Crippen molar-refractivity contribution in [2.75, 3.05) is 11.1 Å². The van der Waals surface area contributed by atoms with Crippen molar-refractivity contribution in [2.45, 2.75) is 0 Å². The van der Waals surface area contributed by atoms with E-state index in [-0.39, 0.29) is 11.6 Å². The summed E-state index contributed by atoms with van der Waals surface area (Å²) in [6.07, 6.45) is 3.06. The maximum absolute atomic E-state index is 11.8. The van der Waals surface area contributed by atoms with Crippen LogP contribution in [0.3, 0.4) is 0 Å². The van der Waals surface area contributed by atoms with Crippen LogP contribution in [0.1, 0.15) is 10.5 Å². The Morgan fingerprint density at radius 2 is 2.12 bits per heavy atom. The van der Waals surface area contributed by atoms with Crippen LogP contribution in [0, 0.1) is 0 Å². The molecule has 3 N–H and O–H groups in total. The molecule has 17 heavy (non-hydrogen) atoms. The standard InChI is InChI=1S/C11H9BrN4O/c12-9-4-3-7(6-15-9)16-11(17)10-8(13)2-1-5-14-10/h1-6H,13H2,(H,16,17). The molecular formula is C11H9BrN4O. The SMILES string of the molecule is Nc1cccnc1C(=O)Nc1ccc(Br)nc1. The van der Waals surface area contributed by atoms with Gasteiger partial charge in [-0.25, -0.2) is 9.97 Å². The van der Waals surface area contributed by atoms with Gasteiger partial charge in [0, 0.05) is 6.20 Å². The lowest BCUT2D eigenvalue weighted by Crippen LogP contribution is -2.15. The number of nitrogens with one attached hydrogen (secondary N) is 1. The fourth-order valence-corrected chi connectivity index (χ4v) is 1.48. The summed E-state index contributed by atoms with van der Waals surface area (Å²) in [5.41, 5.74) is 6.79. The van der Waals surface area contributed by atoms with Gasteiger partial charge in [-0.3, -0.25) is 4.79 Å². The normalized spacial score (nSPS) is 9.94. The molecule has 0 aliphatic heterocycles. The fraction of sp³-hybridized carbons (Fsp3) is 0. The molecule has 2 aromatic rings. The number of amides is 1. The molecule has 0 fully saturated rings. The summed E-state index contributed by atoms with van der Waals surface area (Å²) in [6, 6.07) is 6.76. The van der Waals surface area contributed by atoms with E-state index in [0.717, 1.165) is 0 Å². The number of carbonyl (C=O) groups excluding carboxylic acids is 1. The second-order valence-corrected chi connectivity index (χ2v) is 4.08. The third-order valence-corrected chi connectivity index (χ3v) is 2.51. The number of anilines is 2. The number of halogens is 1. The van der Waals surface area contributed by atoms with Crippen LogP contribution in [0.15, 0.2) is 41.3 Å². The van der Waals surface area contributed by atoms with Gasteiger partial charge in [0.25, 0.3) is 5.91 Å². The van der Waals surface area contributed by atoms with Crippen molar-refractivity contribution < 1.29 is 4.79 Å². The molecule has 2 rings (SSSR count). The Hall–Kier alpha value is -1.95. The first-order valence-corrected chi connectivity index (χ1v) is 5.59. The largest absolute Gasteiger partial charge is 0.397 e. The highest BCUT2D eigenvalue weighted by molar-refractivity contribution is 9.10. The maximum Gasteiger partial charge on any atom is 0.276 e. The van der Waals surface area contributed by atoms with E-state index in [1.165, 1.54) is 6.20 Å². The molecule has 0 spiro atoms. The highest BCUT2D eigenvalue weighted by atomic mass is 79.9. The number of aromatic nitrogens is 2. The van der Waals surface area contributed by atoms with Crippen molar-refractivity contribution in [1.29, 1.82) is 0 Å². The molecule has 0 atom stereocenters. The van der Waals surface area contributed by atoms with Gasteiger partial charge in [0.05, 0.1) is 17.6 Å². The van der Waals surface area contributed by atoms with Gasteiger partial charge in [-0.2, -0.15) is 0 Å². The highest BCUT2D eigenvalue weighted by Crippen LogP contribution is 2.13. The summed E-state index contributed by atoms with van der Waals surface area (Å²) < 4.78 is 0.702. The third-order valence-electron chi connectivity index (χ3n) is 2.04. The number of nitrogen functional groups attached to an aromatic ring is 1. The van der Waals surface area contributed by atoms with Gasteiger partial charge in [-0.1, -0.05) is 0 Å². The zero-order chi connectivity index (χ0) is 12.3. The molecule has 0 saturated carbocycles. The molecule has 86 valence electrons. The second kappa shape index (κ2) is 4.92. The summed E-state index contributed by atoms with van der Waals surface area (Å²) in [5, 5.41) is 2.66. The van der Waals surface area contributed by atoms with Crippen LogP contribution < -0.4 is 11.1 Å². The Bertz CT molecular complexity index is 541. The Labute approximate surface area is 106 Å². The number of pyridine rings is 2. The van der Waals surface area contributed by atoms with Crippen molar-refractivity contribution in [3.8, 4) is 0 Å². The third kappa shape index (κ3) is 2.79. The highest BCUT2D eigenvalue weighted by Gasteiger charge is 2.10. The Balaban J connectivity index is 2.17. The van der Waals surface area contributed by atoms with Crippen molar-refractivity contribution in [2.24, 2.45) is 0 Å². The van der Waals surface area contributed by atoms with Gasteiger partial charge in [0.2, 0.25) is 0 Å². The zero-order valence-corrected chi connectivity index (χ0v) is 10.3. The van der Waals surface area contributed by atoms with Crippen molar-refractivity contribution in [3.05, 3.63) is 47.0 Å². The Kier molecular flexibility index (Phi) is 3.34. The molecule has 0 unspecified atom stereocenters. The number of hydrogen-bond acceptors (Lipinski definition) is 4. The van der Waals surface area contributed by atoms with Crippen LogP contribution in [0.4, 0.5) is 11.4 Å². The van der Waals surface area contributed by atoms with E-state index in [1.54, 1.807) is 30.5 Å². The zero-order valence-electron chi connectivity index (χ0n) is 8.72. The topological polar surface area (TPSA) is 80.9 Å². The van der Waals surface area contributed by atoms with E-state index in [0.29, 0.717) is 16.0 Å². The summed E-state index contributed by atoms with van der Waals surface area (Å²) in [6.45, 7) is 0. The molecule has 0 saturated heterocycles. The quantitative estimate of drug-likeness (QED) is 0.831. The number of hydrogen-bond donors (Lipinski definition) is 2. The number of nitrogens with zero attached hydrogens (tertiary/aromatic N) is 2. The molecule has 6 heteroatoms. The Morgan fingerprint density at radius 1 is 1.29 bits per heavy atom. The van der Waals surface area contributed by atoms with Crippen molar-refractivity contribution in [1.82, 2.24) is 9.97 Å². The van der Waals surface area contributed by atoms with Crippen LogP contribution in [0.25, 0.3) is 0 Å². The molecule has 0 aliphatic rings. The average Bonchev–Trinajstić information content (AvgIpc) is 2.32. The minimum absolute atomic E-state index is 0.204. The van der Waals surface area contributed by atoms with E-state index in [4.69, 9.17) is 5.73 Å². The molecule has 0 aromatic carbocycles. The first-order valence-electron chi connectivity index (χ1n) is 4.80. The molecule has 2 aromatic heterocycles. The lowest BCUT2D eigenvalue weighted by atomic mass is 10.3. The molecule has 2 heterocycles. The van der Waals surface area contributed by atoms with Gasteiger partial charge in [-0.05, 0) is 40.2 Å². The number of rotatable bonds is 2. The van der Waals surface area contributed by atoms with Crippen LogP contribution in [-0.2, 0) is 0 Å². The molecular weight excluding hydrogens is 284 g/mol. The molecule has 5 nitrogen and oxygen atoms in total. The minimum Gasteiger partial charge on any atom is -0.397 e. The first-order chi connectivity index (χ1) is 8.16. The lowest BCUT2D eigenvalue weighted by molar-refractivity contribution is 0.102. The minimum atomic E-state index is -0.354. The van der Waals surface area contributed by atoms with E-state index in [2.05, 4.69) is 31.2 Å². The predicted molar refractivity (Wildman–Crippen MR) is 68.5 cm³/mol. The summed E-state index contributed by atoms with van der Waals surface area (Å²) in [5.74, 6) is -0.354. The maximum atomic E-state index is 11.8. The van der Waals surface area contributed by atoms with Crippen molar-refractivity contribution >= 4 is 33.2 Å². The first kappa shape index (κ1) is 11.5. The van der Waals surface area contributed by atoms with E-state index < -0.39 is 0 Å². The predicted octanol–water partition coefficient (Wildman–Crippen LogP) is 2.07. The average molecular weight is 293 g/mol. The van der Waals surface area contributed by atoms with Crippen LogP contribution >= 0.6 is 15.9 Å². The second-order valence-electron chi connectivity index (χ2n) is 3.26. The molecule has 0 aliphatic carbocycles. The van der Waals surface area contributed by atoms with Crippen LogP contribution in [-0.4, -0.2) is 15.9 Å². The van der Waals surface area contributed by atoms with Gasteiger partial charge in [0.1, 0.15) is 4.60 Å². The number of carbonyl (C=O) groups is 1. The van der Waals surface area contributed by atoms with Gasteiger partial charge < -0.3 is 11.1 Å². The van der Waals surface area contributed by atoms with Crippen LogP contribution in [0.5, 0.6) is 0 Å². The van der Waals surface area contributed by atoms with Gasteiger partial charge in [0.15, 0.2) is 5.69 Å². The summed E-state index contributed by atoms with van der Waals surface area (Å²) in [4.78, 5) is 19.8. The summed E-state index contributed by atoms with van der Waals surface area (Å²) in [7, 11) is 0. The summed E-state index contributed by atoms with van der Waals surface area (Å²) >= 11 is 3.21. The van der Waals surface area contributed by atoms with E-state index in [1.807, 2.05) is 0 Å². The monoisotopic (exact) mass is 292 g/mol. The molecule has 1 amide bonds. The lowest BCUT2D eigenvalue weighted by Gasteiger charge is -2.05. The molecule has 0 radical (unpaired) electrons. The van der Waals surface area contributed by atoms with Crippen molar-refractivity contribution in [3.63, 3.8) is 0 Å². The van der Waals surface area contributed by atoms with E-state index >= 15 is 0 Å². The molecule has 0 bridgehead atoms. The Morgan fingerprint density at radius 3 is 2.76 bits per heavy atom. The van der Waals surface area contributed by atoms with Crippen LogP contribution in [0.2, 0.25) is 0 Å². The fourth-order valence-electron chi connectivity index (χ4n) is 1.25. The van der Waals surface area contributed by atoms with Gasteiger partial charge in [-0.15, -0.1) is 0 Å². The number of nitrogens with two attached hydrogens (primary N) is 1.